The number of aromatic nitrogens is 3. The molecule has 0 saturated heterocycles. The van der Waals surface area contributed by atoms with E-state index >= 15 is 0 Å². The van der Waals surface area contributed by atoms with Crippen molar-refractivity contribution in [1.82, 2.24) is 15.2 Å². The van der Waals surface area contributed by atoms with E-state index in [0.717, 1.165) is 13.0 Å². The second-order valence-corrected chi connectivity index (χ2v) is 3.47. The largest absolute Gasteiger partial charge is 0.365 e. The van der Waals surface area contributed by atoms with Crippen LogP contribution in [0.1, 0.15) is 26.2 Å². The van der Waals surface area contributed by atoms with E-state index in [1.54, 1.807) is 12.3 Å². The van der Waals surface area contributed by atoms with Crippen molar-refractivity contribution in [3.05, 3.63) is 18.9 Å². The highest BCUT2D eigenvalue weighted by Crippen LogP contribution is 2.03. The molecule has 0 aliphatic heterocycles. The molecular formula is C11H19N5. The minimum atomic E-state index is 0.574. The fraction of sp³-hybridized carbons (Fsp3) is 0.545. The van der Waals surface area contributed by atoms with Gasteiger partial charge in [0.05, 0.1) is 6.20 Å². The predicted octanol–water partition coefficient (Wildman–Crippen LogP) is 2.07. The van der Waals surface area contributed by atoms with Crippen LogP contribution >= 0.6 is 0 Å². The minimum absolute atomic E-state index is 0.574. The van der Waals surface area contributed by atoms with E-state index in [1.807, 2.05) is 0 Å². The Morgan fingerprint density at radius 1 is 1.38 bits per heavy atom. The first-order valence-corrected chi connectivity index (χ1v) is 5.65. The highest BCUT2D eigenvalue weighted by atomic mass is 15.3. The number of nitrogens with one attached hydrogen (secondary N) is 2. The fourth-order valence-corrected chi connectivity index (χ4v) is 1.22. The standard InChI is InChI=1S/C11H19N5/c1-3-5-6-8-13-11-15-10(9-14-16-11)12-7-4-2/h4,9H,2-3,5-8H2,1H3,(H2,12,13,15,16). The number of hydrogen-bond donors (Lipinski definition) is 2. The second-order valence-electron chi connectivity index (χ2n) is 3.47. The van der Waals surface area contributed by atoms with Crippen molar-refractivity contribution in [3.63, 3.8) is 0 Å². The molecule has 1 aromatic heterocycles. The lowest BCUT2D eigenvalue weighted by Crippen LogP contribution is -2.09. The second kappa shape index (κ2) is 7.62. The van der Waals surface area contributed by atoms with Crippen LogP contribution in [0.5, 0.6) is 0 Å². The van der Waals surface area contributed by atoms with Gasteiger partial charge in [-0.25, -0.2) is 0 Å². The average molecular weight is 221 g/mol. The molecule has 0 fully saturated rings. The summed E-state index contributed by atoms with van der Waals surface area (Å²) in [5, 5.41) is 14.0. The number of hydrogen-bond acceptors (Lipinski definition) is 5. The molecule has 5 nitrogen and oxygen atoms in total. The first kappa shape index (κ1) is 12.4. The van der Waals surface area contributed by atoms with Crippen LogP contribution in [0.15, 0.2) is 18.9 Å². The van der Waals surface area contributed by atoms with Gasteiger partial charge >= 0.3 is 0 Å². The first-order chi connectivity index (χ1) is 7.86. The number of nitrogens with zero attached hydrogens (tertiary/aromatic N) is 3. The van der Waals surface area contributed by atoms with Gasteiger partial charge in [0.1, 0.15) is 0 Å². The Hall–Kier alpha value is -1.65. The molecule has 0 aliphatic carbocycles. The van der Waals surface area contributed by atoms with Gasteiger partial charge in [-0.1, -0.05) is 25.8 Å². The Bertz CT molecular complexity index is 313. The molecule has 1 rings (SSSR count). The van der Waals surface area contributed by atoms with Crippen molar-refractivity contribution < 1.29 is 0 Å². The van der Waals surface area contributed by atoms with Gasteiger partial charge in [-0.15, -0.1) is 11.7 Å². The van der Waals surface area contributed by atoms with E-state index < -0.39 is 0 Å². The molecule has 0 radical (unpaired) electrons. The Morgan fingerprint density at radius 3 is 3.00 bits per heavy atom. The summed E-state index contributed by atoms with van der Waals surface area (Å²) in [4.78, 5) is 4.26. The van der Waals surface area contributed by atoms with Crippen LogP contribution in [0.25, 0.3) is 0 Å². The van der Waals surface area contributed by atoms with E-state index in [9.17, 15) is 0 Å². The maximum absolute atomic E-state index is 4.26. The summed E-state index contributed by atoms with van der Waals surface area (Å²) in [5.41, 5.74) is 0. The van der Waals surface area contributed by atoms with Crippen LogP contribution in [0.3, 0.4) is 0 Å². The zero-order chi connectivity index (χ0) is 11.6. The quantitative estimate of drug-likeness (QED) is 0.520. The van der Waals surface area contributed by atoms with Gasteiger partial charge < -0.3 is 10.6 Å². The molecule has 88 valence electrons. The van der Waals surface area contributed by atoms with Crippen molar-refractivity contribution in [2.45, 2.75) is 26.2 Å². The molecule has 1 heterocycles. The smallest absolute Gasteiger partial charge is 0.244 e. The molecule has 0 saturated carbocycles. The predicted molar refractivity (Wildman–Crippen MR) is 66.5 cm³/mol. The molecule has 5 heteroatoms. The number of rotatable bonds is 8. The third-order valence-electron chi connectivity index (χ3n) is 2.05. The molecule has 0 bridgehead atoms. The van der Waals surface area contributed by atoms with E-state index in [-0.39, 0.29) is 0 Å². The number of unbranched alkanes of at least 4 members (excludes halogenated alkanes) is 2. The highest BCUT2D eigenvalue weighted by molar-refractivity contribution is 5.37. The molecule has 2 N–H and O–H groups in total. The maximum Gasteiger partial charge on any atom is 0.244 e. The summed E-state index contributed by atoms with van der Waals surface area (Å²) >= 11 is 0. The molecule has 0 amide bonds. The van der Waals surface area contributed by atoms with E-state index in [4.69, 9.17) is 0 Å². The third-order valence-corrected chi connectivity index (χ3v) is 2.05. The Balaban J connectivity index is 2.37. The van der Waals surface area contributed by atoms with E-state index in [2.05, 4.69) is 39.3 Å². The van der Waals surface area contributed by atoms with Crippen LogP contribution in [-0.2, 0) is 0 Å². The number of anilines is 2. The Morgan fingerprint density at radius 2 is 2.25 bits per heavy atom. The van der Waals surface area contributed by atoms with Crippen molar-refractivity contribution >= 4 is 11.8 Å². The highest BCUT2D eigenvalue weighted by Gasteiger charge is 1.98. The van der Waals surface area contributed by atoms with Crippen molar-refractivity contribution in [3.8, 4) is 0 Å². The van der Waals surface area contributed by atoms with Crippen molar-refractivity contribution in [2.24, 2.45) is 0 Å². The summed E-state index contributed by atoms with van der Waals surface area (Å²) in [6.45, 7) is 7.37. The summed E-state index contributed by atoms with van der Waals surface area (Å²) in [5.74, 6) is 1.29. The summed E-state index contributed by atoms with van der Waals surface area (Å²) in [6.07, 6.45) is 6.93. The lowest BCUT2D eigenvalue weighted by Gasteiger charge is -2.05. The maximum atomic E-state index is 4.26. The lowest BCUT2D eigenvalue weighted by atomic mass is 10.2. The molecule has 16 heavy (non-hydrogen) atoms. The van der Waals surface area contributed by atoms with Crippen LogP contribution in [0.4, 0.5) is 11.8 Å². The van der Waals surface area contributed by atoms with Crippen LogP contribution in [0.2, 0.25) is 0 Å². The third kappa shape index (κ3) is 4.72. The zero-order valence-electron chi connectivity index (χ0n) is 9.74. The van der Waals surface area contributed by atoms with Crippen LogP contribution < -0.4 is 10.6 Å². The van der Waals surface area contributed by atoms with E-state index in [1.165, 1.54) is 12.8 Å². The van der Waals surface area contributed by atoms with Crippen molar-refractivity contribution in [2.75, 3.05) is 23.7 Å². The summed E-state index contributed by atoms with van der Waals surface area (Å²) in [7, 11) is 0. The van der Waals surface area contributed by atoms with E-state index in [0.29, 0.717) is 18.3 Å². The normalized spacial score (nSPS) is 9.81. The molecule has 0 aromatic carbocycles. The van der Waals surface area contributed by atoms with Gasteiger partial charge in [-0.2, -0.15) is 10.1 Å². The molecule has 0 unspecified atom stereocenters. The Kier molecular flexibility index (Phi) is 5.91. The molecular weight excluding hydrogens is 202 g/mol. The SMILES string of the molecule is C=CCNc1cnnc(NCCCCC)n1. The van der Waals surface area contributed by atoms with Gasteiger partial charge in [0.15, 0.2) is 5.82 Å². The van der Waals surface area contributed by atoms with Crippen molar-refractivity contribution in [1.29, 1.82) is 0 Å². The fourth-order valence-electron chi connectivity index (χ4n) is 1.22. The lowest BCUT2D eigenvalue weighted by molar-refractivity contribution is 0.738. The molecule has 1 aromatic rings. The minimum Gasteiger partial charge on any atom is -0.365 e. The van der Waals surface area contributed by atoms with Gasteiger partial charge in [0, 0.05) is 13.1 Å². The molecule has 0 atom stereocenters. The molecule has 0 aliphatic rings. The zero-order valence-corrected chi connectivity index (χ0v) is 9.74. The summed E-state index contributed by atoms with van der Waals surface area (Å²) in [6, 6.07) is 0. The first-order valence-electron chi connectivity index (χ1n) is 5.65. The van der Waals surface area contributed by atoms with Gasteiger partial charge in [-0.05, 0) is 6.42 Å². The monoisotopic (exact) mass is 221 g/mol. The summed E-state index contributed by atoms with van der Waals surface area (Å²) < 4.78 is 0. The Labute approximate surface area is 96.4 Å². The van der Waals surface area contributed by atoms with Crippen LogP contribution in [-0.4, -0.2) is 28.3 Å². The average Bonchev–Trinajstić information content (AvgIpc) is 2.33. The topological polar surface area (TPSA) is 62.7 Å². The van der Waals surface area contributed by atoms with Gasteiger partial charge in [-0.3, -0.25) is 0 Å². The van der Waals surface area contributed by atoms with Gasteiger partial charge in [0.2, 0.25) is 5.95 Å². The van der Waals surface area contributed by atoms with Crippen LogP contribution in [0, 0.1) is 0 Å². The molecule has 0 spiro atoms. The van der Waals surface area contributed by atoms with Gasteiger partial charge in [0.25, 0.3) is 0 Å².